The second kappa shape index (κ2) is 5.17. The Morgan fingerprint density at radius 2 is 2.25 bits per heavy atom. The second-order valence-electron chi connectivity index (χ2n) is 5.53. The van der Waals surface area contributed by atoms with Gasteiger partial charge in [0.1, 0.15) is 11.4 Å². The average molecular weight is 353 g/mol. The van der Waals surface area contributed by atoms with Crippen LogP contribution in [0.15, 0.2) is 28.1 Å². The molecule has 0 saturated carbocycles. The van der Waals surface area contributed by atoms with Crippen LogP contribution in [0, 0.1) is 6.92 Å². The van der Waals surface area contributed by atoms with E-state index in [1.165, 1.54) is 5.56 Å². The van der Waals surface area contributed by atoms with E-state index in [-0.39, 0.29) is 0 Å². The normalized spacial score (nSPS) is 16.6. The number of ether oxygens (including phenoxy) is 1. The molecule has 1 aliphatic heterocycles. The van der Waals surface area contributed by atoms with Crippen LogP contribution in [-0.4, -0.2) is 11.7 Å². The smallest absolute Gasteiger partial charge is 0.126 e. The minimum atomic E-state index is -0.862. The molecule has 1 atom stereocenters. The topological polar surface area (TPSA) is 29.5 Å². The van der Waals surface area contributed by atoms with E-state index in [1.54, 1.807) is 11.3 Å². The first-order chi connectivity index (χ1) is 9.47. The number of rotatable bonds is 3. The fourth-order valence-corrected chi connectivity index (χ4v) is 4.39. The van der Waals surface area contributed by atoms with Gasteiger partial charge in [0.25, 0.3) is 0 Å². The summed E-state index contributed by atoms with van der Waals surface area (Å²) in [4.78, 5) is 1.03. The number of hydrogen-bond donors (Lipinski definition) is 1. The maximum Gasteiger partial charge on any atom is 0.126 e. The van der Waals surface area contributed by atoms with Gasteiger partial charge < -0.3 is 9.84 Å². The molecule has 20 heavy (non-hydrogen) atoms. The third-order valence-corrected chi connectivity index (χ3v) is 5.44. The molecule has 1 aromatic carbocycles. The number of halogens is 1. The van der Waals surface area contributed by atoms with Crippen LogP contribution in [0.25, 0.3) is 0 Å². The van der Waals surface area contributed by atoms with Crippen LogP contribution in [0.5, 0.6) is 5.75 Å². The minimum Gasteiger partial charge on any atom is -0.493 e. The molecule has 4 heteroatoms. The molecular weight excluding hydrogens is 336 g/mol. The Bertz CT molecular complexity index is 646. The molecule has 0 spiro atoms. The largest absolute Gasteiger partial charge is 0.493 e. The Kier molecular flexibility index (Phi) is 3.65. The number of aliphatic hydroxyl groups is 1. The van der Waals surface area contributed by atoms with Crippen molar-refractivity contribution >= 4 is 27.3 Å². The highest BCUT2D eigenvalue weighted by atomic mass is 79.9. The van der Waals surface area contributed by atoms with E-state index in [9.17, 15) is 5.11 Å². The predicted octanol–water partition coefficient (Wildman–Crippen LogP) is 4.20. The number of thiophene rings is 1. The monoisotopic (exact) mass is 352 g/mol. The Morgan fingerprint density at radius 1 is 1.45 bits per heavy atom. The van der Waals surface area contributed by atoms with E-state index >= 15 is 0 Å². The minimum absolute atomic E-state index is 0.566. The van der Waals surface area contributed by atoms with Gasteiger partial charge in [-0.15, -0.1) is 11.3 Å². The van der Waals surface area contributed by atoms with Crippen molar-refractivity contribution in [2.75, 3.05) is 6.61 Å². The molecule has 1 unspecified atom stereocenters. The van der Waals surface area contributed by atoms with Crippen molar-refractivity contribution in [2.45, 2.75) is 32.3 Å². The molecule has 1 N–H and O–H groups in total. The van der Waals surface area contributed by atoms with Crippen molar-refractivity contribution < 1.29 is 9.84 Å². The van der Waals surface area contributed by atoms with E-state index in [1.807, 2.05) is 19.2 Å². The van der Waals surface area contributed by atoms with E-state index in [4.69, 9.17) is 4.74 Å². The quantitative estimate of drug-likeness (QED) is 0.896. The van der Waals surface area contributed by atoms with Gasteiger partial charge in [-0.1, -0.05) is 15.9 Å². The highest BCUT2D eigenvalue weighted by Gasteiger charge is 2.29. The lowest BCUT2D eigenvalue weighted by Crippen LogP contribution is -2.24. The Balaban J connectivity index is 1.98. The standard InChI is InChI=1S/C16H17BrO2S/c1-10-4-6-20-15(10)16(2,18)9-12-8-13(17)7-11-3-5-19-14(11)12/h4,6-8,18H,3,5,9H2,1-2H3. The zero-order chi connectivity index (χ0) is 14.3. The van der Waals surface area contributed by atoms with Crippen LogP contribution in [-0.2, 0) is 18.4 Å². The molecule has 2 heterocycles. The lowest BCUT2D eigenvalue weighted by molar-refractivity contribution is 0.0602. The number of aryl methyl sites for hydroxylation is 1. The molecule has 2 aromatic rings. The molecule has 0 aliphatic carbocycles. The van der Waals surface area contributed by atoms with Gasteiger partial charge in [-0.25, -0.2) is 0 Å². The molecule has 106 valence electrons. The van der Waals surface area contributed by atoms with Crippen molar-refractivity contribution in [1.29, 1.82) is 0 Å². The lowest BCUT2D eigenvalue weighted by Gasteiger charge is -2.24. The zero-order valence-corrected chi connectivity index (χ0v) is 14.0. The summed E-state index contributed by atoms with van der Waals surface area (Å²) in [5.41, 5.74) is 2.59. The molecule has 0 saturated heterocycles. The molecule has 0 bridgehead atoms. The summed E-state index contributed by atoms with van der Waals surface area (Å²) in [6.45, 7) is 4.66. The molecular formula is C16H17BrO2S. The SMILES string of the molecule is Cc1ccsc1C(C)(O)Cc1cc(Br)cc2c1OCC2. The van der Waals surface area contributed by atoms with Crippen molar-refractivity contribution in [3.8, 4) is 5.75 Å². The Morgan fingerprint density at radius 3 is 2.95 bits per heavy atom. The van der Waals surface area contributed by atoms with Gasteiger partial charge in [0.2, 0.25) is 0 Å². The molecule has 0 radical (unpaired) electrons. The van der Waals surface area contributed by atoms with E-state index in [2.05, 4.69) is 34.1 Å². The van der Waals surface area contributed by atoms with Gasteiger partial charge in [-0.2, -0.15) is 0 Å². The fourth-order valence-electron chi connectivity index (χ4n) is 2.85. The van der Waals surface area contributed by atoms with Crippen molar-refractivity contribution in [1.82, 2.24) is 0 Å². The summed E-state index contributed by atoms with van der Waals surface area (Å²) in [5.74, 6) is 0.961. The molecule has 0 amide bonds. The maximum absolute atomic E-state index is 10.9. The lowest BCUT2D eigenvalue weighted by atomic mass is 9.91. The summed E-state index contributed by atoms with van der Waals surface area (Å²) in [6, 6.07) is 6.22. The van der Waals surface area contributed by atoms with E-state index in [0.29, 0.717) is 6.42 Å². The van der Waals surface area contributed by atoms with Gasteiger partial charge in [0.15, 0.2) is 0 Å². The van der Waals surface area contributed by atoms with Gasteiger partial charge in [-0.05, 0) is 54.1 Å². The van der Waals surface area contributed by atoms with Gasteiger partial charge in [-0.3, -0.25) is 0 Å². The summed E-state index contributed by atoms with van der Waals surface area (Å²) in [7, 11) is 0. The van der Waals surface area contributed by atoms with Crippen LogP contribution in [0.3, 0.4) is 0 Å². The molecule has 0 fully saturated rings. The summed E-state index contributed by atoms with van der Waals surface area (Å²) < 4.78 is 6.80. The first kappa shape index (κ1) is 14.1. The molecule has 1 aliphatic rings. The van der Waals surface area contributed by atoms with Crippen LogP contribution >= 0.6 is 27.3 Å². The first-order valence-corrected chi connectivity index (χ1v) is 8.36. The molecule has 1 aromatic heterocycles. The third kappa shape index (κ3) is 2.52. The predicted molar refractivity (Wildman–Crippen MR) is 85.7 cm³/mol. The van der Waals surface area contributed by atoms with Crippen molar-refractivity contribution in [3.63, 3.8) is 0 Å². The van der Waals surface area contributed by atoms with Crippen LogP contribution < -0.4 is 4.74 Å². The summed E-state index contributed by atoms with van der Waals surface area (Å²) in [5, 5.41) is 12.9. The number of hydrogen-bond acceptors (Lipinski definition) is 3. The van der Waals surface area contributed by atoms with Crippen LogP contribution in [0.2, 0.25) is 0 Å². The average Bonchev–Trinajstić information content (AvgIpc) is 2.96. The van der Waals surface area contributed by atoms with Gasteiger partial charge in [0, 0.05) is 22.2 Å². The van der Waals surface area contributed by atoms with Crippen LogP contribution in [0.4, 0.5) is 0 Å². The summed E-state index contributed by atoms with van der Waals surface area (Å²) >= 11 is 5.16. The van der Waals surface area contributed by atoms with Crippen LogP contribution in [0.1, 0.15) is 28.5 Å². The fraction of sp³-hybridized carbons (Fsp3) is 0.375. The Hall–Kier alpha value is -0.840. The van der Waals surface area contributed by atoms with E-state index in [0.717, 1.165) is 39.3 Å². The van der Waals surface area contributed by atoms with E-state index < -0.39 is 5.60 Å². The number of benzene rings is 1. The van der Waals surface area contributed by atoms with Crippen molar-refractivity contribution in [2.24, 2.45) is 0 Å². The van der Waals surface area contributed by atoms with Gasteiger partial charge in [0.05, 0.1) is 6.61 Å². The highest BCUT2D eigenvalue weighted by Crippen LogP contribution is 2.38. The second-order valence-corrected chi connectivity index (χ2v) is 7.37. The van der Waals surface area contributed by atoms with Crippen molar-refractivity contribution in [3.05, 3.63) is 49.6 Å². The molecule has 3 rings (SSSR count). The molecule has 2 nitrogen and oxygen atoms in total. The Labute approximate surface area is 131 Å². The highest BCUT2D eigenvalue weighted by molar-refractivity contribution is 9.10. The zero-order valence-electron chi connectivity index (χ0n) is 11.6. The van der Waals surface area contributed by atoms with Gasteiger partial charge >= 0.3 is 0 Å². The summed E-state index contributed by atoms with van der Waals surface area (Å²) in [6.07, 6.45) is 1.51. The third-order valence-electron chi connectivity index (χ3n) is 3.71. The number of fused-ring (bicyclic) bond motifs is 1. The first-order valence-electron chi connectivity index (χ1n) is 6.68. The maximum atomic E-state index is 10.9.